The molecule has 1 heterocycles. The van der Waals surface area contributed by atoms with Crippen molar-refractivity contribution in [2.24, 2.45) is 0 Å². The fourth-order valence-corrected chi connectivity index (χ4v) is 2.68. The molecule has 0 spiro atoms. The van der Waals surface area contributed by atoms with Crippen molar-refractivity contribution in [1.82, 2.24) is 15.1 Å². The quantitative estimate of drug-likeness (QED) is 0.803. The van der Waals surface area contributed by atoms with Gasteiger partial charge in [-0.2, -0.15) is 18.3 Å². The summed E-state index contributed by atoms with van der Waals surface area (Å²) in [5.41, 5.74) is 0.980. The Kier molecular flexibility index (Phi) is 5.48. The van der Waals surface area contributed by atoms with Gasteiger partial charge in [-0.1, -0.05) is 12.1 Å². The fourth-order valence-electron chi connectivity index (χ4n) is 2.39. The van der Waals surface area contributed by atoms with Crippen molar-refractivity contribution in [3.05, 3.63) is 47.3 Å². The Morgan fingerprint density at radius 2 is 2.00 bits per heavy atom. The molecule has 0 aliphatic carbocycles. The molecule has 1 atom stereocenters. The highest BCUT2D eigenvalue weighted by Gasteiger charge is 2.33. The molecule has 1 unspecified atom stereocenters. The first kappa shape index (κ1) is 18.3. The first-order valence-corrected chi connectivity index (χ1v) is 7.91. The molecular formula is C16H19F3N4S. The van der Waals surface area contributed by atoms with E-state index in [2.05, 4.69) is 15.7 Å². The molecule has 0 amide bonds. The summed E-state index contributed by atoms with van der Waals surface area (Å²) in [7, 11) is 0. The van der Waals surface area contributed by atoms with E-state index in [1.807, 2.05) is 27.0 Å². The van der Waals surface area contributed by atoms with Gasteiger partial charge in [-0.25, -0.2) is 0 Å². The van der Waals surface area contributed by atoms with Gasteiger partial charge in [0, 0.05) is 18.3 Å². The minimum atomic E-state index is -4.44. The van der Waals surface area contributed by atoms with Crippen molar-refractivity contribution >= 4 is 23.0 Å². The molecule has 2 rings (SSSR count). The predicted octanol–water partition coefficient (Wildman–Crippen LogP) is 4.28. The molecule has 8 heteroatoms. The van der Waals surface area contributed by atoms with Crippen LogP contribution < -0.4 is 10.6 Å². The van der Waals surface area contributed by atoms with Crippen molar-refractivity contribution in [2.75, 3.05) is 5.32 Å². The number of alkyl halides is 3. The van der Waals surface area contributed by atoms with Gasteiger partial charge in [0.1, 0.15) is 0 Å². The number of halogens is 3. The molecule has 2 aromatic rings. The van der Waals surface area contributed by atoms with Gasteiger partial charge in [-0.3, -0.25) is 4.68 Å². The summed E-state index contributed by atoms with van der Waals surface area (Å²) in [6.45, 7) is 6.49. The second-order valence-electron chi connectivity index (χ2n) is 5.39. The third kappa shape index (κ3) is 4.25. The second kappa shape index (κ2) is 7.21. The zero-order valence-electron chi connectivity index (χ0n) is 13.6. The molecule has 24 heavy (non-hydrogen) atoms. The molecule has 0 aliphatic heterocycles. The van der Waals surface area contributed by atoms with E-state index in [-0.39, 0.29) is 16.8 Å². The second-order valence-corrected chi connectivity index (χ2v) is 5.80. The molecule has 0 saturated heterocycles. The van der Waals surface area contributed by atoms with Crippen LogP contribution in [-0.2, 0) is 12.7 Å². The summed E-state index contributed by atoms with van der Waals surface area (Å²) in [6, 6.07) is 5.06. The lowest BCUT2D eigenvalue weighted by atomic mass is 10.1. The van der Waals surface area contributed by atoms with Crippen molar-refractivity contribution in [2.45, 2.75) is 39.5 Å². The number of rotatable bonds is 4. The molecule has 0 fully saturated rings. The minimum Gasteiger partial charge on any atom is -0.356 e. The Labute approximate surface area is 144 Å². The van der Waals surface area contributed by atoms with Gasteiger partial charge >= 0.3 is 6.18 Å². The Balaban J connectivity index is 2.10. The number of nitrogens with zero attached hydrogens (tertiary/aromatic N) is 2. The lowest BCUT2D eigenvalue weighted by molar-refractivity contribution is -0.136. The number of aryl methyl sites for hydroxylation is 2. The van der Waals surface area contributed by atoms with E-state index in [1.54, 1.807) is 4.68 Å². The van der Waals surface area contributed by atoms with E-state index in [4.69, 9.17) is 12.2 Å². The van der Waals surface area contributed by atoms with Crippen molar-refractivity contribution < 1.29 is 13.2 Å². The monoisotopic (exact) mass is 356 g/mol. The molecule has 1 aromatic heterocycles. The van der Waals surface area contributed by atoms with Gasteiger partial charge < -0.3 is 10.6 Å². The van der Waals surface area contributed by atoms with Gasteiger partial charge in [0.05, 0.1) is 23.0 Å². The average Bonchev–Trinajstić information content (AvgIpc) is 2.88. The standard InChI is InChI=1S/C16H19F3N4S/c1-4-23-9-12(11(3)22-23)10(2)20-15(24)21-14-8-6-5-7-13(14)16(17,18)19/h5-10H,4H2,1-3H3,(H2,20,21,24). The van der Waals surface area contributed by atoms with Crippen LogP contribution in [0.4, 0.5) is 18.9 Å². The summed E-state index contributed by atoms with van der Waals surface area (Å²) in [5, 5.41) is 10.1. The number of hydrogen-bond donors (Lipinski definition) is 2. The molecule has 0 bridgehead atoms. The third-order valence-electron chi connectivity index (χ3n) is 3.60. The maximum atomic E-state index is 13.0. The number of nitrogens with one attached hydrogen (secondary N) is 2. The van der Waals surface area contributed by atoms with Crippen LogP contribution in [0.3, 0.4) is 0 Å². The number of aromatic nitrogens is 2. The summed E-state index contributed by atoms with van der Waals surface area (Å²) in [6.07, 6.45) is -2.54. The third-order valence-corrected chi connectivity index (χ3v) is 3.82. The normalized spacial score (nSPS) is 12.8. The van der Waals surface area contributed by atoms with Crippen LogP contribution in [0.25, 0.3) is 0 Å². The zero-order valence-corrected chi connectivity index (χ0v) is 14.4. The maximum Gasteiger partial charge on any atom is 0.418 e. The van der Waals surface area contributed by atoms with E-state index in [9.17, 15) is 13.2 Å². The Morgan fingerprint density at radius 1 is 1.33 bits per heavy atom. The predicted molar refractivity (Wildman–Crippen MR) is 91.9 cm³/mol. The Morgan fingerprint density at radius 3 is 2.58 bits per heavy atom. The Bertz CT molecular complexity index is 724. The van der Waals surface area contributed by atoms with Crippen LogP contribution in [0, 0.1) is 6.92 Å². The van der Waals surface area contributed by atoms with Crippen molar-refractivity contribution in [3.63, 3.8) is 0 Å². The molecule has 4 nitrogen and oxygen atoms in total. The van der Waals surface area contributed by atoms with Gasteiger partial charge in [0.25, 0.3) is 0 Å². The van der Waals surface area contributed by atoms with Crippen LogP contribution >= 0.6 is 12.2 Å². The highest BCUT2D eigenvalue weighted by molar-refractivity contribution is 7.80. The average molecular weight is 356 g/mol. The van der Waals surface area contributed by atoms with Crippen LogP contribution in [-0.4, -0.2) is 14.9 Å². The zero-order chi connectivity index (χ0) is 17.9. The van der Waals surface area contributed by atoms with Crippen molar-refractivity contribution in [1.29, 1.82) is 0 Å². The van der Waals surface area contributed by atoms with E-state index < -0.39 is 11.7 Å². The lowest BCUT2D eigenvalue weighted by Crippen LogP contribution is -2.31. The highest BCUT2D eigenvalue weighted by atomic mass is 32.1. The Hall–Kier alpha value is -2.09. The van der Waals surface area contributed by atoms with Gasteiger partial charge in [-0.15, -0.1) is 0 Å². The molecular weight excluding hydrogens is 337 g/mol. The van der Waals surface area contributed by atoms with Crippen molar-refractivity contribution in [3.8, 4) is 0 Å². The summed E-state index contributed by atoms with van der Waals surface area (Å²) < 4.78 is 40.8. The van der Waals surface area contributed by atoms with Gasteiger partial charge in [0.15, 0.2) is 5.11 Å². The highest BCUT2D eigenvalue weighted by Crippen LogP contribution is 2.34. The largest absolute Gasteiger partial charge is 0.418 e. The first-order chi connectivity index (χ1) is 11.2. The molecule has 1 aromatic carbocycles. The van der Waals surface area contributed by atoms with Crippen LogP contribution in [0.5, 0.6) is 0 Å². The number of hydrogen-bond acceptors (Lipinski definition) is 2. The van der Waals surface area contributed by atoms with Crippen LogP contribution in [0.15, 0.2) is 30.5 Å². The molecule has 0 radical (unpaired) electrons. The molecule has 2 N–H and O–H groups in total. The number of para-hydroxylation sites is 1. The first-order valence-electron chi connectivity index (χ1n) is 7.50. The van der Waals surface area contributed by atoms with Crippen LogP contribution in [0.2, 0.25) is 0 Å². The fraction of sp³-hybridized carbons (Fsp3) is 0.375. The topological polar surface area (TPSA) is 41.9 Å². The number of thiocarbonyl (C=S) groups is 1. The molecule has 0 aliphatic rings. The molecule has 130 valence electrons. The number of anilines is 1. The lowest BCUT2D eigenvalue weighted by Gasteiger charge is -2.19. The number of benzene rings is 1. The van der Waals surface area contributed by atoms with E-state index in [0.29, 0.717) is 0 Å². The minimum absolute atomic E-state index is 0.0734. The summed E-state index contributed by atoms with van der Waals surface area (Å²) in [4.78, 5) is 0. The smallest absolute Gasteiger partial charge is 0.356 e. The maximum absolute atomic E-state index is 13.0. The SMILES string of the molecule is CCn1cc(C(C)NC(=S)Nc2ccccc2C(F)(F)F)c(C)n1. The van der Waals surface area contributed by atoms with Crippen LogP contribution in [0.1, 0.15) is 36.7 Å². The van der Waals surface area contributed by atoms with E-state index in [0.717, 1.165) is 23.9 Å². The summed E-state index contributed by atoms with van der Waals surface area (Å²) in [5.74, 6) is 0. The van der Waals surface area contributed by atoms with E-state index >= 15 is 0 Å². The summed E-state index contributed by atoms with van der Waals surface area (Å²) >= 11 is 5.16. The van der Waals surface area contributed by atoms with E-state index in [1.165, 1.54) is 18.2 Å². The van der Waals surface area contributed by atoms with Gasteiger partial charge in [0.2, 0.25) is 0 Å². The van der Waals surface area contributed by atoms with Gasteiger partial charge in [-0.05, 0) is 45.1 Å². The molecule has 0 saturated carbocycles.